The largest absolute Gasteiger partial charge is 0.126 e. The minimum Gasteiger partial charge on any atom is -0.107 e. The van der Waals surface area contributed by atoms with Gasteiger partial charge in [-0.25, -0.2) is 0 Å². The van der Waals surface area contributed by atoms with Crippen molar-refractivity contribution in [1.29, 1.82) is 0 Å². The molecule has 0 radical (unpaired) electrons. The van der Waals surface area contributed by atoms with E-state index in [4.69, 9.17) is 0 Å². The third kappa shape index (κ3) is 2.55. The van der Waals surface area contributed by atoms with Gasteiger partial charge in [-0.05, 0) is 6.92 Å². The quantitative estimate of drug-likeness (QED) is 0.580. The van der Waals surface area contributed by atoms with Crippen LogP contribution in [-0.4, -0.2) is 8.07 Å². The van der Waals surface area contributed by atoms with Crippen LogP contribution in [0.3, 0.4) is 0 Å². The Morgan fingerprint density at radius 3 is 1.67 bits per heavy atom. The van der Waals surface area contributed by atoms with E-state index in [1.165, 1.54) is 10.4 Å². The summed E-state index contributed by atoms with van der Waals surface area (Å²) in [6.07, 6.45) is 0. The van der Waals surface area contributed by atoms with Crippen LogP contribution in [0.4, 0.5) is 0 Å². The van der Waals surface area contributed by atoms with Gasteiger partial charge in [-0.1, -0.05) is 77.6 Å². The summed E-state index contributed by atoms with van der Waals surface area (Å²) < 4.78 is 0. The molecule has 0 N–H and O–H groups in total. The molecule has 0 heterocycles. The summed E-state index contributed by atoms with van der Waals surface area (Å²) >= 11 is 0. The zero-order valence-electron chi connectivity index (χ0n) is 11.0. The molecule has 0 aliphatic rings. The van der Waals surface area contributed by atoms with Gasteiger partial charge in [0.25, 0.3) is 0 Å². The van der Waals surface area contributed by atoms with Crippen molar-refractivity contribution in [2.24, 2.45) is 0 Å². The molecule has 90 valence electrons. The maximum absolute atomic E-state index is 3.30. The summed E-state index contributed by atoms with van der Waals surface area (Å²) in [5.74, 6) is 6.35. The second-order valence-corrected chi connectivity index (χ2v) is 8.84. The van der Waals surface area contributed by atoms with Crippen molar-refractivity contribution in [3.63, 3.8) is 0 Å². The van der Waals surface area contributed by atoms with E-state index >= 15 is 0 Å². The summed E-state index contributed by atoms with van der Waals surface area (Å²) in [7, 11) is -1.70. The minimum atomic E-state index is -1.70. The standard InChI is InChI=1S/C17H18Si/c1-3-4-15-18(2,16-11-7-5-8-12-16)17-13-9-6-10-14-17/h5-14H,15H2,1-2H3. The molecule has 2 aromatic carbocycles. The Kier molecular flexibility index (Phi) is 4.02. The highest BCUT2D eigenvalue weighted by Crippen LogP contribution is 2.10. The van der Waals surface area contributed by atoms with Crippen LogP contribution in [0.1, 0.15) is 6.92 Å². The molecule has 0 unspecified atom stereocenters. The molecule has 2 rings (SSSR count). The number of benzene rings is 2. The summed E-state index contributed by atoms with van der Waals surface area (Å²) in [5.41, 5.74) is 0. The maximum Gasteiger partial charge on any atom is 0.126 e. The highest BCUT2D eigenvalue weighted by molar-refractivity contribution is 7.01. The van der Waals surface area contributed by atoms with E-state index in [-0.39, 0.29) is 0 Å². The summed E-state index contributed by atoms with van der Waals surface area (Å²) in [6, 6.07) is 22.6. The molecule has 0 aliphatic heterocycles. The Bertz CT molecular complexity index is 507. The Morgan fingerprint density at radius 1 is 0.833 bits per heavy atom. The normalized spacial score (nSPS) is 10.6. The van der Waals surface area contributed by atoms with Gasteiger partial charge in [-0.3, -0.25) is 0 Å². The van der Waals surface area contributed by atoms with Crippen LogP contribution in [0.25, 0.3) is 0 Å². The number of hydrogen-bond donors (Lipinski definition) is 0. The summed E-state index contributed by atoms with van der Waals surface area (Å²) in [4.78, 5) is 0. The zero-order valence-corrected chi connectivity index (χ0v) is 12.0. The van der Waals surface area contributed by atoms with Crippen molar-refractivity contribution in [3.8, 4) is 11.8 Å². The van der Waals surface area contributed by atoms with E-state index in [2.05, 4.69) is 79.1 Å². The van der Waals surface area contributed by atoms with Crippen molar-refractivity contribution >= 4 is 18.4 Å². The molecular formula is C17H18Si. The molecule has 1 heteroatoms. The first-order valence-electron chi connectivity index (χ1n) is 6.28. The molecule has 0 aliphatic carbocycles. The fraction of sp³-hybridized carbons (Fsp3) is 0.176. The van der Waals surface area contributed by atoms with Crippen LogP contribution in [0.2, 0.25) is 12.6 Å². The molecule has 0 saturated heterocycles. The lowest BCUT2D eigenvalue weighted by atomic mass is 10.4. The van der Waals surface area contributed by atoms with Crippen LogP contribution >= 0.6 is 0 Å². The zero-order chi connectivity index (χ0) is 12.8. The van der Waals surface area contributed by atoms with Crippen LogP contribution in [-0.2, 0) is 0 Å². The average Bonchev–Trinajstić information content (AvgIpc) is 2.46. The molecule has 2 aromatic rings. The monoisotopic (exact) mass is 250 g/mol. The topological polar surface area (TPSA) is 0 Å². The predicted molar refractivity (Wildman–Crippen MR) is 82.0 cm³/mol. The Labute approximate surface area is 111 Å². The van der Waals surface area contributed by atoms with Crippen molar-refractivity contribution in [2.75, 3.05) is 0 Å². The van der Waals surface area contributed by atoms with E-state index < -0.39 is 8.07 Å². The van der Waals surface area contributed by atoms with Gasteiger partial charge >= 0.3 is 0 Å². The fourth-order valence-electron chi connectivity index (χ4n) is 2.25. The average molecular weight is 250 g/mol. The van der Waals surface area contributed by atoms with Gasteiger partial charge in [0.2, 0.25) is 0 Å². The molecule has 0 amide bonds. The van der Waals surface area contributed by atoms with Crippen LogP contribution in [0.15, 0.2) is 60.7 Å². The van der Waals surface area contributed by atoms with E-state index in [9.17, 15) is 0 Å². The van der Waals surface area contributed by atoms with Crippen molar-refractivity contribution < 1.29 is 0 Å². The summed E-state index contributed by atoms with van der Waals surface area (Å²) in [6.45, 7) is 4.33. The lowest BCUT2D eigenvalue weighted by molar-refractivity contribution is 1.59. The highest BCUT2D eigenvalue weighted by Gasteiger charge is 2.30. The fourth-order valence-corrected chi connectivity index (χ4v) is 5.38. The predicted octanol–water partition coefficient (Wildman–Crippen LogP) is 2.90. The van der Waals surface area contributed by atoms with E-state index in [1.54, 1.807) is 0 Å². The Balaban J connectivity index is 2.50. The lowest BCUT2D eigenvalue weighted by Crippen LogP contribution is -2.55. The smallest absolute Gasteiger partial charge is 0.107 e. The molecule has 0 aromatic heterocycles. The molecule has 0 spiro atoms. The van der Waals surface area contributed by atoms with Crippen LogP contribution < -0.4 is 10.4 Å². The van der Waals surface area contributed by atoms with Gasteiger partial charge in [0, 0.05) is 6.04 Å². The van der Waals surface area contributed by atoms with Crippen LogP contribution in [0.5, 0.6) is 0 Å². The first-order valence-corrected chi connectivity index (χ1v) is 8.99. The third-order valence-corrected chi connectivity index (χ3v) is 7.54. The Hall–Kier alpha value is -1.78. The third-order valence-electron chi connectivity index (χ3n) is 3.44. The van der Waals surface area contributed by atoms with E-state index in [1.807, 2.05) is 6.92 Å². The van der Waals surface area contributed by atoms with Gasteiger partial charge in [0.1, 0.15) is 8.07 Å². The second-order valence-electron chi connectivity index (χ2n) is 4.67. The molecule has 18 heavy (non-hydrogen) atoms. The van der Waals surface area contributed by atoms with Gasteiger partial charge in [-0.2, -0.15) is 0 Å². The second kappa shape index (κ2) is 5.71. The molecule has 0 saturated carbocycles. The molecule has 0 nitrogen and oxygen atoms in total. The minimum absolute atomic E-state index is 0.984. The van der Waals surface area contributed by atoms with Gasteiger partial charge < -0.3 is 0 Å². The SMILES string of the molecule is CC#CC[Si](C)(c1ccccc1)c1ccccc1. The van der Waals surface area contributed by atoms with Gasteiger partial charge in [0.15, 0.2) is 0 Å². The van der Waals surface area contributed by atoms with Crippen LogP contribution in [0, 0.1) is 11.8 Å². The van der Waals surface area contributed by atoms with E-state index in [0.29, 0.717) is 0 Å². The van der Waals surface area contributed by atoms with E-state index in [0.717, 1.165) is 6.04 Å². The molecule has 0 bridgehead atoms. The first-order chi connectivity index (χ1) is 8.77. The van der Waals surface area contributed by atoms with Gasteiger partial charge in [0.05, 0.1) is 0 Å². The molecule has 0 atom stereocenters. The first kappa shape index (κ1) is 12.7. The van der Waals surface area contributed by atoms with Crippen molar-refractivity contribution in [1.82, 2.24) is 0 Å². The van der Waals surface area contributed by atoms with Crippen molar-refractivity contribution in [2.45, 2.75) is 19.5 Å². The maximum atomic E-state index is 3.30. The molecule has 0 fully saturated rings. The number of rotatable bonds is 3. The molecular weight excluding hydrogens is 232 g/mol. The number of hydrogen-bond acceptors (Lipinski definition) is 0. The van der Waals surface area contributed by atoms with Crippen molar-refractivity contribution in [3.05, 3.63) is 60.7 Å². The highest BCUT2D eigenvalue weighted by atomic mass is 28.3. The van der Waals surface area contributed by atoms with Gasteiger partial charge in [-0.15, -0.1) is 11.8 Å². The Morgan fingerprint density at radius 2 is 1.28 bits per heavy atom. The lowest BCUT2D eigenvalue weighted by Gasteiger charge is -2.26. The summed E-state index contributed by atoms with van der Waals surface area (Å²) in [5, 5.41) is 2.91.